The summed E-state index contributed by atoms with van der Waals surface area (Å²) in [5.41, 5.74) is 4.60. The molecule has 3 aromatic carbocycles. The zero-order chi connectivity index (χ0) is 69.4. The van der Waals surface area contributed by atoms with E-state index in [0.717, 1.165) is 78.5 Å². The fourth-order valence-corrected chi connectivity index (χ4v) is 9.85. The van der Waals surface area contributed by atoms with Crippen LogP contribution in [0.4, 0.5) is 33.3 Å². The van der Waals surface area contributed by atoms with Crippen LogP contribution in [0.25, 0.3) is 0 Å². The van der Waals surface area contributed by atoms with Gasteiger partial charge in [-0.2, -0.15) is 15.0 Å². The number of benzene rings is 3. The molecule has 1 aromatic heterocycles. The first-order valence-corrected chi connectivity index (χ1v) is 35.8. The van der Waals surface area contributed by atoms with E-state index >= 15 is 0 Å². The minimum absolute atomic E-state index is 0.000883. The van der Waals surface area contributed by atoms with E-state index in [1.54, 1.807) is 16.9 Å². The highest BCUT2D eigenvalue weighted by atomic mass is 35.5. The van der Waals surface area contributed by atoms with Crippen LogP contribution < -0.4 is 45.0 Å². The fraction of sp³-hybridized carbons (Fsp3) is 0.525. The molecule has 23 nitrogen and oxygen atoms in total. The van der Waals surface area contributed by atoms with Gasteiger partial charge in [0.15, 0.2) is 11.4 Å². The quantitative estimate of drug-likeness (QED) is 0.0115. The molecule has 512 valence electrons. The Morgan fingerprint density at radius 2 is 1.55 bits per heavy atom. The van der Waals surface area contributed by atoms with Crippen molar-refractivity contribution in [3.05, 3.63) is 93.0 Å². The van der Waals surface area contributed by atoms with Gasteiger partial charge >= 0.3 is 11.9 Å². The highest BCUT2D eigenvalue weighted by Crippen LogP contribution is 2.40. The monoisotopic (exact) mass is 1430 g/mol. The second-order valence-corrected chi connectivity index (χ2v) is 27.4. The van der Waals surface area contributed by atoms with Crippen LogP contribution >= 0.6 is 65.6 Å². The number of anilines is 5. The van der Waals surface area contributed by atoms with Crippen molar-refractivity contribution in [2.24, 2.45) is 0 Å². The smallest absolute Gasteiger partial charge is 0.344 e. The molecule has 92 heavy (non-hydrogen) atoms. The number of alkyl halides is 3. The topological polar surface area (TPSA) is 304 Å². The molecule has 2 aliphatic heterocycles. The summed E-state index contributed by atoms with van der Waals surface area (Å²) in [4.78, 5) is 104. The molecule has 0 bridgehead atoms. The van der Waals surface area contributed by atoms with Crippen molar-refractivity contribution in [2.75, 3.05) is 103 Å². The Morgan fingerprint density at radius 1 is 0.935 bits per heavy atom. The van der Waals surface area contributed by atoms with Crippen molar-refractivity contribution in [3.8, 4) is 11.5 Å². The van der Waals surface area contributed by atoms with Gasteiger partial charge in [-0.1, -0.05) is 91.8 Å². The van der Waals surface area contributed by atoms with Crippen LogP contribution in [0.1, 0.15) is 105 Å². The summed E-state index contributed by atoms with van der Waals surface area (Å²) in [6.45, 7) is 17.1. The van der Waals surface area contributed by atoms with Crippen LogP contribution in [-0.4, -0.2) is 161 Å². The van der Waals surface area contributed by atoms with E-state index in [4.69, 9.17) is 87.0 Å². The predicted octanol–water partition coefficient (Wildman–Crippen LogP) is 10.5. The number of aryl methyl sites for hydroxylation is 2. The number of methoxy groups -OCH3 is 1. The number of unbranched alkanes of at least 4 members (excludes halogenated alkanes) is 2. The van der Waals surface area contributed by atoms with Crippen molar-refractivity contribution in [1.82, 2.24) is 20.3 Å². The number of imide groups is 1. The maximum Gasteiger partial charge on any atom is 0.344 e. The van der Waals surface area contributed by atoms with Gasteiger partial charge in [0.25, 0.3) is 17.7 Å². The van der Waals surface area contributed by atoms with E-state index < -0.39 is 61.4 Å². The van der Waals surface area contributed by atoms with Crippen LogP contribution in [0.15, 0.2) is 65.7 Å². The molecule has 3 atom stereocenters. The average molecular weight is 1430 g/mol. The number of esters is 1. The Balaban J connectivity index is 0.000000403. The molecule has 3 aliphatic rings. The predicted molar refractivity (Wildman–Crippen MR) is 363 cm³/mol. The van der Waals surface area contributed by atoms with Gasteiger partial charge in [-0.3, -0.25) is 29.3 Å². The number of halogens is 6. The third-order valence-electron chi connectivity index (χ3n) is 12.6. The zero-order valence-electron chi connectivity index (χ0n) is 53.9. The molecule has 3 heterocycles. The minimum Gasteiger partial charge on any atom is -0.778 e. The molecule has 4 aromatic rings. The number of hydrogen-bond acceptors (Lipinski definition) is 18. The Kier molecular flexibility index (Phi) is 38.3. The van der Waals surface area contributed by atoms with Gasteiger partial charge in [-0.05, 0) is 132 Å². The van der Waals surface area contributed by atoms with Crippen molar-refractivity contribution < 1.29 is 71.6 Å². The normalized spacial score (nSPS) is 14.8. The van der Waals surface area contributed by atoms with E-state index in [1.807, 2.05) is 90.2 Å². The number of carboxylic acids is 1. The third-order valence-corrected chi connectivity index (χ3v) is 14.3. The highest BCUT2D eigenvalue weighted by Gasteiger charge is 2.41. The lowest BCUT2D eigenvalue weighted by Gasteiger charge is -2.35. The van der Waals surface area contributed by atoms with E-state index in [0.29, 0.717) is 72.3 Å². The van der Waals surface area contributed by atoms with Crippen molar-refractivity contribution in [1.29, 1.82) is 0 Å². The van der Waals surface area contributed by atoms with Gasteiger partial charge in [0.2, 0.25) is 23.1 Å². The second-order valence-electron chi connectivity index (χ2n) is 21.3. The molecule has 0 spiro atoms. The Hall–Kier alpha value is -5.57. The van der Waals surface area contributed by atoms with Gasteiger partial charge in [-0.15, -0.1) is 11.6 Å². The van der Waals surface area contributed by atoms with Crippen LogP contribution in [0.2, 0.25) is 10.3 Å². The summed E-state index contributed by atoms with van der Waals surface area (Å²) in [6, 6.07) is 15.7. The van der Waals surface area contributed by atoms with E-state index in [2.05, 4.69) is 57.3 Å². The number of ether oxygens (including phenoxy) is 4. The number of hydrogen-bond donors (Lipinski definition) is 5. The summed E-state index contributed by atoms with van der Waals surface area (Å²) in [5.74, 6) is -2.33. The van der Waals surface area contributed by atoms with Gasteiger partial charge < -0.3 is 58.8 Å². The summed E-state index contributed by atoms with van der Waals surface area (Å²) in [6.07, 6.45) is 12.2. The van der Waals surface area contributed by atoms with Gasteiger partial charge in [0.1, 0.15) is 37.4 Å². The SMILES string of the molecule is CC1COc2ccccc2N1C(=O)C(Cl)Cl.CCCCCOC(=O)COc1cc(N2C(=O)C3=C(CCCC3)C2=O)c(F)cc1Cl.CCNc1nc(Cl)nc(NC(C)C)n1.CCc1cccc(C)c1N(C(=O)CCl)C(C)COC.C[S+](C)C.O=C(O)CNCP(=O)([O-])O. The van der Waals surface area contributed by atoms with Gasteiger partial charge in [0.05, 0.1) is 79.0 Å². The van der Waals surface area contributed by atoms with Gasteiger partial charge in [-0.25, -0.2) is 14.1 Å². The summed E-state index contributed by atoms with van der Waals surface area (Å²) in [7, 11) is -2.07. The standard InChI is InChI=1S/C21H23ClFNO5.C15H22ClNO2.C11H11Cl2NO2.C8H14ClN5.C3H8NO5P.C3H9S/c1-2-3-6-9-28-19(25)12-29-18-11-17(16(23)10-15(18)22)24-20(26)13-7-4-5-8-14(13)21(24)27;1-5-13-8-6-7-11(2)15(13)17(14(18)9-16)12(3)10-19-4;1-7-6-16-9-5-3-2-4-8(9)14(7)11(15)10(12)13;1-4-10-7-12-6(9)13-8(14-7)11-5(2)3;5-3(6)1-4-2-10(7,8)9;1-4(2)3/h10-11H,2-9,12H2,1H3;6-8,12H,5,9-10H2,1-4H3;2-5,7,10H,6H2,1H3;5H,4H2,1-3H3,(H2,10,11,12,13,14);4H,1-2H2,(H,5,6)(H2,7,8,9);1-3H3/q;;;;;+1/p-1. The maximum atomic E-state index is 14.5. The first-order valence-electron chi connectivity index (χ1n) is 29.4. The third kappa shape index (κ3) is 28.6. The maximum absolute atomic E-state index is 14.5. The number of rotatable bonds is 23. The number of nitrogens with one attached hydrogen (secondary N) is 3. The minimum atomic E-state index is -4.35. The van der Waals surface area contributed by atoms with Crippen molar-refractivity contribution >= 4 is 141 Å². The number of carbonyl (C=O) groups is 6. The number of aromatic nitrogens is 3. The van der Waals surface area contributed by atoms with Crippen LogP contribution in [-0.2, 0) is 60.1 Å². The lowest BCUT2D eigenvalue weighted by atomic mass is 9.93. The number of aliphatic carboxylic acids is 1. The van der Waals surface area contributed by atoms with E-state index in [1.165, 1.54) is 6.07 Å². The zero-order valence-corrected chi connectivity index (χ0v) is 59.4. The number of para-hydroxylation sites is 3. The largest absolute Gasteiger partial charge is 0.778 e. The Labute approximate surface area is 566 Å². The molecular formula is C61H86Cl5FN9O14PS. The summed E-state index contributed by atoms with van der Waals surface area (Å²) >= 11 is 28.8. The molecule has 0 fully saturated rings. The Morgan fingerprint density at radius 3 is 2.10 bits per heavy atom. The van der Waals surface area contributed by atoms with Gasteiger partial charge in [0, 0.05) is 36.9 Å². The Bertz CT molecular complexity index is 3100. The van der Waals surface area contributed by atoms with E-state index in [9.17, 15) is 42.6 Å². The van der Waals surface area contributed by atoms with Crippen LogP contribution in [0.5, 0.6) is 11.5 Å². The fourth-order valence-electron chi connectivity index (χ4n) is 8.75. The average Bonchev–Trinajstić information content (AvgIpc) is 1.57. The lowest BCUT2D eigenvalue weighted by Crippen LogP contribution is -2.47. The summed E-state index contributed by atoms with van der Waals surface area (Å²) < 4.78 is 45.6. The molecule has 0 saturated carbocycles. The second kappa shape index (κ2) is 42.7. The first-order chi connectivity index (χ1) is 43.4. The van der Waals surface area contributed by atoms with Crippen LogP contribution in [0, 0.1) is 12.7 Å². The number of fused-ring (bicyclic) bond motifs is 1. The summed E-state index contributed by atoms with van der Waals surface area (Å²) in [5, 5.41) is 16.1. The molecule has 0 saturated heterocycles. The van der Waals surface area contributed by atoms with Crippen molar-refractivity contribution in [2.45, 2.75) is 130 Å². The number of amides is 4. The first kappa shape index (κ1) is 82.5. The van der Waals surface area contributed by atoms with E-state index in [-0.39, 0.29) is 57.6 Å². The molecule has 1 aliphatic carbocycles. The number of carboxylic acid groups (broad SMARTS) is 1. The molecular weight excluding hydrogens is 1340 g/mol. The van der Waals surface area contributed by atoms with Crippen molar-refractivity contribution in [3.63, 3.8) is 0 Å². The number of nitrogens with zero attached hydrogens (tertiary/aromatic N) is 6. The van der Waals surface area contributed by atoms with Crippen LogP contribution in [0.3, 0.4) is 0 Å². The lowest BCUT2D eigenvalue weighted by molar-refractivity contribution is -0.193. The molecule has 7 rings (SSSR count). The molecule has 0 radical (unpaired) electrons. The number of carbonyl (C=O) groups excluding carboxylic acids is 5. The molecule has 3 unspecified atom stereocenters. The molecule has 31 heteroatoms. The molecule has 5 N–H and O–H groups in total. The highest BCUT2D eigenvalue weighted by molar-refractivity contribution is 7.94. The molecule has 4 amide bonds.